The van der Waals surface area contributed by atoms with Crippen molar-refractivity contribution >= 4 is 34.2 Å². The molecule has 2 rings (SSSR count). The van der Waals surface area contributed by atoms with Crippen molar-refractivity contribution in [2.75, 3.05) is 0 Å². The van der Waals surface area contributed by atoms with E-state index in [-0.39, 0.29) is 5.38 Å². The largest absolute Gasteiger partial charge is 0.326 e. The monoisotopic (exact) mass is 298 g/mol. The van der Waals surface area contributed by atoms with Gasteiger partial charge >= 0.3 is 0 Å². The highest BCUT2D eigenvalue weighted by molar-refractivity contribution is 6.35. The minimum atomic E-state index is -0.109. The summed E-state index contributed by atoms with van der Waals surface area (Å²) < 4.78 is 2.18. The summed E-state index contributed by atoms with van der Waals surface area (Å²) in [6.07, 6.45) is 2.31. The smallest absolute Gasteiger partial charge is 0.127 e. The molecular formula is C15H20Cl2N2. The third-order valence-electron chi connectivity index (χ3n) is 3.27. The third-order valence-corrected chi connectivity index (χ3v) is 3.77. The van der Waals surface area contributed by atoms with Crippen molar-refractivity contribution in [3.05, 3.63) is 29.0 Å². The van der Waals surface area contributed by atoms with Crippen LogP contribution in [0.2, 0.25) is 5.02 Å². The molecule has 0 saturated carbocycles. The molecule has 4 heteroatoms. The van der Waals surface area contributed by atoms with Crippen LogP contribution in [0, 0.1) is 5.92 Å². The van der Waals surface area contributed by atoms with E-state index in [0.717, 1.165) is 34.8 Å². The molecule has 2 aromatic rings. The van der Waals surface area contributed by atoms with Gasteiger partial charge in [0.25, 0.3) is 0 Å². The van der Waals surface area contributed by atoms with Gasteiger partial charge in [-0.05, 0) is 37.8 Å². The lowest BCUT2D eigenvalue weighted by molar-refractivity contribution is 0.509. The Bertz CT molecular complexity index is 559. The zero-order valence-electron chi connectivity index (χ0n) is 11.7. The Kier molecular flexibility index (Phi) is 4.75. The highest BCUT2D eigenvalue weighted by atomic mass is 35.5. The Morgan fingerprint density at radius 2 is 2.00 bits per heavy atom. The van der Waals surface area contributed by atoms with Gasteiger partial charge in [0, 0.05) is 6.54 Å². The van der Waals surface area contributed by atoms with Crippen molar-refractivity contribution in [1.29, 1.82) is 0 Å². The van der Waals surface area contributed by atoms with E-state index in [9.17, 15) is 0 Å². The molecule has 1 aromatic carbocycles. The second-order valence-electron chi connectivity index (χ2n) is 5.38. The van der Waals surface area contributed by atoms with Crippen molar-refractivity contribution in [2.24, 2.45) is 5.92 Å². The van der Waals surface area contributed by atoms with E-state index in [1.54, 1.807) is 0 Å². The van der Waals surface area contributed by atoms with Gasteiger partial charge in [-0.3, -0.25) is 0 Å². The van der Waals surface area contributed by atoms with Crippen LogP contribution in [0.25, 0.3) is 11.0 Å². The standard InChI is InChI=1S/C15H20Cl2N2/c1-10(2)6-5-9-19-14-12(17)7-4-8-13(14)18-15(19)11(3)16/h4,7-8,10-11H,5-6,9H2,1-3H3. The van der Waals surface area contributed by atoms with Crippen LogP contribution in [0.1, 0.15) is 44.8 Å². The average molecular weight is 299 g/mol. The molecule has 0 aliphatic carbocycles. The highest BCUT2D eigenvalue weighted by Gasteiger charge is 2.16. The maximum atomic E-state index is 6.32. The maximum Gasteiger partial charge on any atom is 0.127 e. The summed E-state index contributed by atoms with van der Waals surface area (Å²) in [5, 5.41) is 0.639. The number of para-hydroxylation sites is 1. The molecule has 0 radical (unpaired) electrons. The van der Waals surface area contributed by atoms with Gasteiger partial charge < -0.3 is 4.57 Å². The van der Waals surface area contributed by atoms with Crippen LogP contribution in [0.3, 0.4) is 0 Å². The molecule has 0 bridgehead atoms. The summed E-state index contributed by atoms with van der Waals surface area (Å²) in [7, 11) is 0. The van der Waals surface area contributed by atoms with Crippen LogP contribution in [-0.2, 0) is 6.54 Å². The van der Waals surface area contributed by atoms with Crippen LogP contribution < -0.4 is 0 Å². The molecular weight excluding hydrogens is 279 g/mol. The molecule has 0 aliphatic heterocycles. The molecule has 0 aliphatic rings. The van der Waals surface area contributed by atoms with Gasteiger partial charge in [-0.25, -0.2) is 4.98 Å². The van der Waals surface area contributed by atoms with E-state index in [1.807, 2.05) is 25.1 Å². The summed E-state index contributed by atoms with van der Waals surface area (Å²) in [5.74, 6) is 1.62. The first-order chi connectivity index (χ1) is 9.00. The van der Waals surface area contributed by atoms with Gasteiger partial charge in [-0.1, -0.05) is 31.5 Å². The first-order valence-corrected chi connectivity index (χ1v) is 7.61. The molecule has 0 spiro atoms. The fourth-order valence-corrected chi connectivity index (χ4v) is 2.79. The lowest BCUT2D eigenvalue weighted by Crippen LogP contribution is -2.06. The number of rotatable bonds is 5. The second-order valence-corrected chi connectivity index (χ2v) is 6.44. The highest BCUT2D eigenvalue weighted by Crippen LogP contribution is 2.29. The number of nitrogens with zero attached hydrogens (tertiary/aromatic N) is 2. The minimum absolute atomic E-state index is 0.109. The molecule has 0 amide bonds. The number of aryl methyl sites for hydroxylation is 1. The topological polar surface area (TPSA) is 17.8 Å². The SMILES string of the molecule is CC(C)CCCn1c(C(C)Cl)nc2cccc(Cl)c21. The molecule has 0 fully saturated rings. The van der Waals surface area contributed by atoms with Crippen LogP contribution >= 0.6 is 23.2 Å². The Balaban J connectivity index is 2.40. The predicted molar refractivity (Wildman–Crippen MR) is 83.1 cm³/mol. The summed E-state index contributed by atoms with van der Waals surface area (Å²) >= 11 is 12.6. The van der Waals surface area contributed by atoms with Gasteiger partial charge in [-0.2, -0.15) is 0 Å². The van der Waals surface area contributed by atoms with Crippen molar-refractivity contribution in [3.63, 3.8) is 0 Å². The lowest BCUT2D eigenvalue weighted by Gasteiger charge is -2.12. The lowest BCUT2D eigenvalue weighted by atomic mass is 10.1. The van der Waals surface area contributed by atoms with Crippen molar-refractivity contribution in [2.45, 2.75) is 45.5 Å². The van der Waals surface area contributed by atoms with Gasteiger partial charge in [0.05, 0.1) is 21.4 Å². The van der Waals surface area contributed by atoms with Crippen LogP contribution in [0.15, 0.2) is 18.2 Å². The molecule has 1 aromatic heterocycles. The van der Waals surface area contributed by atoms with Crippen molar-refractivity contribution in [3.8, 4) is 0 Å². The fraction of sp³-hybridized carbons (Fsp3) is 0.533. The number of hydrogen-bond donors (Lipinski definition) is 0. The summed E-state index contributed by atoms with van der Waals surface area (Å²) in [4.78, 5) is 4.62. The molecule has 0 N–H and O–H groups in total. The molecule has 1 atom stereocenters. The number of alkyl halides is 1. The fourth-order valence-electron chi connectivity index (χ4n) is 2.35. The molecule has 1 unspecified atom stereocenters. The summed E-state index contributed by atoms with van der Waals surface area (Å²) in [6, 6.07) is 5.83. The Morgan fingerprint density at radius 3 is 2.63 bits per heavy atom. The number of benzene rings is 1. The Labute approximate surface area is 124 Å². The molecule has 2 nitrogen and oxygen atoms in total. The minimum Gasteiger partial charge on any atom is -0.326 e. The van der Waals surface area contributed by atoms with Gasteiger partial charge in [-0.15, -0.1) is 11.6 Å². The Hall–Kier alpha value is -0.730. The maximum absolute atomic E-state index is 6.32. The third kappa shape index (κ3) is 3.24. The predicted octanol–water partition coefficient (Wildman–Crippen LogP) is 5.43. The van der Waals surface area contributed by atoms with E-state index in [1.165, 1.54) is 6.42 Å². The quantitative estimate of drug-likeness (QED) is 0.673. The zero-order chi connectivity index (χ0) is 14.0. The second kappa shape index (κ2) is 6.15. The van der Waals surface area contributed by atoms with Crippen molar-refractivity contribution in [1.82, 2.24) is 9.55 Å². The first-order valence-electron chi connectivity index (χ1n) is 6.79. The van der Waals surface area contributed by atoms with E-state index in [2.05, 4.69) is 23.4 Å². The molecule has 1 heterocycles. The van der Waals surface area contributed by atoms with Crippen LogP contribution in [0.4, 0.5) is 0 Å². The van der Waals surface area contributed by atoms with Crippen LogP contribution in [-0.4, -0.2) is 9.55 Å². The number of halogens is 2. The van der Waals surface area contributed by atoms with Crippen molar-refractivity contribution < 1.29 is 0 Å². The number of fused-ring (bicyclic) bond motifs is 1. The average Bonchev–Trinajstić information content (AvgIpc) is 2.69. The van der Waals surface area contributed by atoms with Gasteiger partial charge in [0.2, 0.25) is 0 Å². The summed E-state index contributed by atoms with van der Waals surface area (Å²) in [6.45, 7) is 7.36. The Morgan fingerprint density at radius 1 is 1.26 bits per heavy atom. The van der Waals surface area contributed by atoms with E-state index in [0.29, 0.717) is 5.92 Å². The van der Waals surface area contributed by atoms with E-state index >= 15 is 0 Å². The molecule has 0 saturated heterocycles. The molecule has 104 valence electrons. The van der Waals surface area contributed by atoms with Gasteiger partial charge in [0.1, 0.15) is 5.82 Å². The van der Waals surface area contributed by atoms with E-state index < -0.39 is 0 Å². The number of aromatic nitrogens is 2. The van der Waals surface area contributed by atoms with Crippen LogP contribution in [0.5, 0.6) is 0 Å². The normalized spacial score (nSPS) is 13.4. The molecule has 19 heavy (non-hydrogen) atoms. The number of imidazole rings is 1. The van der Waals surface area contributed by atoms with Gasteiger partial charge in [0.15, 0.2) is 0 Å². The zero-order valence-corrected chi connectivity index (χ0v) is 13.2. The first kappa shape index (κ1) is 14.7. The summed E-state index contributed by atoms with van der Waals surface area (Å²) in [5.41, 5.74) is 1.94. The number of hydrogen-bond acceptors (Lipinski definition) is 1. The van der Waals surface area contributed by atoms with E-state index in [4.69, 9.17) is 23.2 Å².